The summed E-state index contributed by atoms with van der Waals surface area (Å²) in [5.74, 6) is -0.440. The normalized spacial score (nSPS) is 25.0. The maximum Gasteiger partial charge on any atom is 0.408 e. The predicted octanol–water partition coefficient (Wildman–Crippen LogP) is 8.87. The van der Waals surface area contributed by atoms with Crippen molar-refractivity contribution in [3.05, 3.63) is 69.8 Å². The van der Waals surface area contributed by atoms with Gasteiger partial charge in [-0.05, 0) is 119 Å². The number of alkyl halides is 2. The Bertz CT molecular complexity index is 2560. The highest BCUT2D eigenvalue weighted by Gasteiger charge is 2.55. The molecule has 10 rings (SSSR count). The lowest BCUT2D eigenvalue weighted by atomic mass is 9.67. The van der Waals surface area contributed by atoms with Gasteiger partial charge in [-0.15, -0.1) is 11.6 Å². The number of aliphatic hydroxyl groups excluding tert-OH is 1. The molecule has 4 aliphatic heterocycles. The van der Waals surface area contributed by atoms with E-state index >= 15 is 4.39 Å². The molecule has 72 heavy (non-hydrogen) atoms. The number of aliphatic hydroxyl groups is 3. The highest BCUT2D eigenvalue weighted by molar-refractivity contribution is 9.09. The van der Waals surface area contributed by atoms with Gasteiger partial charge in [0.2, 0.25) is 11.4 Å². The van der Waals surface area contributed by atoms with Gasteiger partial charge in [-0.2, -0.15) is 0 Å². The molecule has 17 nitrogen and oxygen atoms in total. The van der Waals surface area contributed by atoms with Crippen molar-refractivity contribution in [2.45, 2.75) is 172 Å². The second-order valence-corrected chi connectivity index (χ2v) is 22.8. The maximum atomic E-state index is 15.1. The Labute approximate surface area is 433 Å². The van der Waals surface area contributed by atoms with Gasteiger partial charge in [0.15, 0.2) is 0 Å². The topological polar surface area (TPSA) is 237 Å². The zero-order chi connectivity index (χ0) is 52.3. The number of amides is 2. The van der Waals surface area contributed by atoms with E-state index in [1.54, 1.807) is 19.1 Å². The number of H-pyrrole nitrogens is 1. The van der Waals surface area contributed by atoms with Crippen molar-refractivity contribution in [1.29, 1.82) is 0 Å². The van der Waals surface area contributed by atoms with Crippen molar-refractivity contribution in [3.63, 3.8) is 0 Å². The molecule has 6 aliphatic rings. The molecule has 4 aromatic rings. The molecule has 400 valence electrons. The number of carbonyl (C=O) groups is 2. The molecule has 6 fully saturated rings. The maximum absolute atomic E-state index is 15.1. The number of nitrogens with one attached hydrogen (secondary N) is 3. The number of rotatable bonds is 12. The highest BCUT2D eigenvalue weighted by atomic mass is 79.9. The van der Waals surface area contributed by atoms with E-state index in [4.69, 9.17) is 40.4 Å². The molecule has 2 aliphatic carbocycles. The number of fused-ring (bicyclic) bond motifs is 8. The van der Waals surface area contributed by atoms with Gasteiger partial charge in [-0.1, -0.05) is 23.4 Å². The number of aromatic nitrogens is 4. The SMILES string of the molecule is C.CC(C)(C)OC(=O)NC12CCC(CC(C)(O)c3c(F)cnc4ccc(=O)[nH]c34)(CC1)OC2.CC(C)(C)OC(=O)NC12CCC(CC(C)(O)c3c(F)cnc4ccc(OCCO)nc34)(CC1)OC2.ClCCBr. The van der Waals surface area contributed by atoms with Crippen molar-refractivity contribution in [2.24, 2.45) is 0 Å². The number of ether oxygens (including phenoxy) is 5. The fraction of sp³-hybridized carbons (Fsp3) is 0.647. The van der Waals surface area contributed by atoms with Crippen LogP contribution in [0.4, 0.5) is 18.4 Å². The third-order valence-corrected chi connectivity index (χ3v) is 14.3. The molecule has 0 aromatic carbocycles. The lowest BCUT2D eigenvalue weighted by molar-refractivity contribution is -0.188. The lowest BCUT2D eigenvalue weighted by Gasteiger charge is -2.54. The molecule has 8 heterocycles. The minimum absolute atomic E-state index is 0. The second-order valence-electron chi connectivity index (χ2n) is 21.7. The van der Waals surface area contributed by atoms with E-state index in [-0.39, 0.29) is 61.5 Å². The number of hydrogen-bond acceptors (Lipinski definition) is 14. The first-order chi connectivity index (χ1) is 33.1. The van der Waals surface area contributed by atoms with Crippen LogP contribution in [-0.2, 0) is 30.1 Å². The molecule has 6 N–H and O–H groups in total. The molecule has 2 unspecified atom stereocenters. The molecular formula is C51H72BrClF2N6O11. The Hall–Kier alpha value is -4.31. The van der Waals surface area contributed by atoms with Crippen molar-refractivity contribution in [3.8, 4) is 5.88 Å². The summed E-state index contributed by atoms with van der Waals surface area (Å²) in [6.07, 6.45) is 6.55. The van der Waals surface area contributed by atoms with Crippen LogP contribution in [0.1, 0.15) is 138 Å². The van der Waals surface area contributed by atoms with Crippen molar-refractivity contribution in [2.75, 3.05) is 37.6 Å². The number of pyridine rings is 4. The average Bonchev–Trinajstić information content (AvgIpc) is 3.27. The van der Waals surface area contributed by atoms with Crippen LogP contribution in [0.3, 0.4) is 0 Å². The van der Waals surface area contributed by atoms with Gasteiger partial charge in [0.1, 0.15) is 35.0 Å². The molecule has 0 radical (unpaired) electrons. The standard InChI is InChI=1S/C25H34FN3O6.C23H30FN3O5.C2H4BrCl.CH4/c1-22(2,3)35-21(31)29-24-7-9-25(10-8-24,34-15-24)14-23(4,32)19-16(26)13-27-17-5-6-18(28-20(17)19)33-12-11-30;1-20(2,3)32-19(29)27-22-7-9-23(10-8-22,31-13-22)12-21(4,30)17-14(24)11-25-15-5-6-16(28)26-18(15)17;3-1-2-4;/h5-6,13,30,32H,7-12,14-15H2,1-4H3,(H,29,31);5-6,11,30H,7-10,12-13H2,1-4H3,(H,26,28)(H,27,29);1-2H2;1H4. The summed E-state index contributed by atoms with van der Waals surface area (Å²) < 4.78 is 58.5. The summed E-state index contributed by atoms with van der Waals surface area (Å²) in [4.78, 5) is 51.6. The molecule has 4 aromatic heterocycles. The van der Waals surface area contributed by atoms with E-state index in [9.17, 15) is 29.0 Å². The summed E-state index contributed by atoms with van der Waals surface area (Å²) in [7, 11) is 0. The number of aromatic amines is 1. The monoisotopic (exact) mass is 1100 g/mol. The van der Waals surface area contributed by atoms with Gasteiger partial charge in [0.25, 0.3) is 0 Å². The zero-order valence-electron chi connectivity index (χ0n) is 41.7. The first-order valence-corrected chi connectivity index (χ1v) is 25.5. The fourth-order valence-electron chi connectivity index (χ4n) is 10.1. The van der Waals surface area contributed by atoms with Gasteiger partial charge < -0.3 is 54.6 Å². The third kappa shape index (κ3) is 14.3. The quantitative estimate of drug-likeness (QED) is 0.0727. The van der Waals surface area contributed by atoms with Crippen LogP contribution in [-0.4, -0.2) is 119 Å². The first-order valence-electron chi connectivity index (χ1n) is 23.8. The molecule has 21 heteroatoms. The number of halogens is 4. The van der Waals surface area contributed by atoms with Crippen LogP contribution in [0.2, 0.25) is 0 Å². The Morgan fingerprint density at radius 3 is 1.64 bits per heavy atom. The van der Waals surface area contributed by atoms with Gasteiger partial charge >= 0.3 is 12.2 Å². The second kappa shape index (κ2) is 22.7. The summed E-state index contributed by atoms with van der Waals surface area (Å²) in [5.41, 5.74) is -5.88. The average molecular weight is 1100 g/mol. The summed E-state index contributed by atoms with van der Waals surface area (Å²) in [6.45, 7) is 14.4. The van der Waals surface area contributed by atoms with Gasteiger partial charge in [0.05, 0.1) is 82.2 Å². The van der Waals surface area contributed by atoms with Crippen LogP contribution in [0, 0.1) is 11.6 Å². The minimum atomic E-state index is -1.61. The first kappa shape index (κ1) is 58.6. The minimum Gasteiger partial charge on any atom is -0.475 e. The number of hydrogen-bond donors (Lipinski definition) is 6. The van der Waals surface area contributed by atoms with E-state index in [0.29, 0.717) is 81.5 Å². The predicted molar refractivity (Wildman–Crippen MR) is 273 cm³/mol. The smallest absolute Gasteiger partial charge is 0.408 e. The van der Waals surface area contributed by atoms with Gasteiger partial charge in [-0.3, -0.25) is 14.8 Å². The summed E-state index contributed by atoms with van der Waals surface area (Å²) in [5, 5.41) is 38.8. The summed E-state index contributed by atoms with van der Waals surface area (Å²) >= 11 is 8.26. The molecule has 4 saturated heterocycles. The van der Waals surface area contributed by atoms with E-state index in [0.717, 1.165) is 17.7 Å². The molecular weight excluding hydrogens is 1030 g/mol. The van der Waals surface area contributed by atoms with Crippen LogP contribution in [0.5, 0.6) is 5.88 Å². The van der Waals surface area contributed by atoms with Crippen LogP contribution in [0.25, 0.3) is 22.1 Å². The van der Waals surface area contributed by atoms with E-state index in [1.165, 1.54) is 19.1 Å². The molecule has 4 bridgehead atoms. The van der Waals surface area contributed by atoms with E-state index in [2.05, 4.69) is 46.5 Å². The van der Waals surface area contributed by atoms with Crippen molar-refractivity contribution in [1.82, 2.24) is 30.6 Å². The molecule has 2 amide bonds. The largest absolute Gasteiger partial charge is 0.475 e. The summed E-state index contributed by atoms with van der Waals surface area (Å²) in [6, 6.07) is 6.04. The fourth-order valence-corrected chi connectivity index (χ4v) is 10.1. The van der Waals surface area contributed by atoms with Crippen LogP contribution < -0.4 is 20.9 Å². The molecule has 0 spiro atoms. The third-order valence-electron chi connectivity index (χ3n) is 13.2. The Balaban J connectivity index is 0.000000247. The lowest BCUT2D eigenvalue weighted by Crippen LogP contribution is -2.64. The number of alkyl carbamates (subject to hydrolysis) is 2. The van der Waals surface area contributed by atoms with E-state index in [1.807, 2.05) is 41.5 Å². The van der Waals surface area contributed by atoms with Crippen molar-refractivity contribution >= 4 is 61.8 Å². The number of nitrogens with zero attached hydrogens (tertiary/aromatic N) is 3. The van der Waals surface area contributed by atoms with Crippen LogP contribution in [0.15, 0.2) is 41.5 Å². The van der Waals surface area contributed by atoms with Gasteiger partial charge in [-0.25, -0.2) is 23.4 Å². The van der Waals surface area contributed by atoms with Crippen LogP contribution >= 0.6 is 27.5 Å². The van der Waals surface area contributed by atoms with Gasteiger partial charge in [0, 0.05) is 47.3 Å². The highest BCUT2D eigenvalue weighted by Crippen LogP contribution is 2.51. The Morgan fingerprint density at radius 2 is 1.21 bits per heavy atom. The molecule has 2 atom stereocenters. The number of carbonyl (C=O) groups excluding carboxylic acids is 2. The molecule has 2 saturated carbocycles. The van der Waals surface area contributed by atoms with Crippen molar-refractivity contribution < 1.29 is 57.4 Å². The zero-order valence-corrected chi connectivity index (χ0v) is 44.1. The van der Waals surface area contributed by atoms with E-state index < -0.39 is 74.1 Å². The Kier molecular flexibility index (Phi) is 18.4. The Morgan fingerprint density at radius 1 is 0.764 bits per heavy atom.